The second-order valence-electron chi connectivity index (χ2n) is 4.32. The van der Waals surface area contributed by atoms with Gasteiger partial charge in [-0.3, -0.25) is 0 Å². The molecule has 1 aliphatic rings. The fourth-order valence-electron chi connectivity index (χ4n) is 1.89. The van der Waals surface area contributed by atoms with E-state index < -0.39 is 0 Å². The number of ether oxygens (including phenoxy) is 2. The van der Waals surface area contributed by atoms with Crippen LogP contribution in [0.4, 0.5) is 5.69 Å². The maximum atomic E-state index is 5.75. The molecule has 1 aliphatic heterocycles. The van der Waals surface area contributed by atoms with Crippen LogP contribution in [-0.4, -0.2) is 19.3 Å². The van der Waals surface area contributed by atoms with Crippen LogP contribution in [0.25, 0.3) is 0 Å². The van der Waals surface area contributed by atoms with E-state index in [1.54, 1.807) is 0 Å². The smallest absolute Gasteiger partial charge is 0.124 e. The van der Waals surface area contributed by atoms with E-state index in [1.165, 1.54) is 12.8 Å². The van der Waals surface area contributed by atoms with E-state index in [9.17, 15) is 0 Å². The van der Waals surface area contributed by atoms with Crippen molar-refractivity contribution in [3.05, 3.63) is 23.8 Å². The van der Waals surface area contributed by atoms with Gasteiger partial charge in [0.05, 0.1) is 6.10 Å². The van der Waals surface area contributed by atoms with Crippen LogP contribution in [-0.2, 0) is 4.74 Å². The van der Waals surface area contributed by atoms with E-state index in [2.05, 4.69) is 0 Å². The SMILES string of the molecule is Cc1ccc(N)cc1OCC1CCCCO1. The second-order valence-corrected chi connectivity index (χ2v) is 4.32. The summed E-state index contributed by atoms with van der Waals surface area (Å²) in [6.07, 6.45) is 3.76. The third-order valence-corrected chi connectivity index (χ3v) is 2.91. The predicted molar refractivity (Wildman–Crippen MR) is 64.7 cm³/mol. The van der Waals surface area contributed by atoms with Gasteiger partial charge >= 0.3 is 0 Å². The highest BCUT2D eigenvalue weighted by Crippen LogP contribution is 2.22. The minimum absolute atomic E-state index is 0.245. The normalized spacial score (nSPS) is 20.7. The zero-order valence-corrected chi connectivity index (χ0v) is 9.74. The van der Waals surface area contributed by atoms with Crippen molar-refractivity contribution in [1.29, 1.82) is 0 Å². The third-order valence-electron chi connectivity index (χ3n) is 2.91. The van der Waals surface area contributed by atoms with Gasteiger partial charge in [0.1, 0.15) is 12.4 Å². The lowest BCUT2D eigenvalue weighted by atomic mass is 10.1. The minimum atomic E-state index is 0.245. The molecule has 16 heavy (non-hydrogen) atoms. The van der Waals surface area contributed by atoms with Crippen molar-refractivity contribution in [2.75, 3.05) is 18.9 Å². The van der Waals surface area contributed by atoms with Gasteiger partial charge in [0.25, 0.3) is 0 Å². The Morgan fingerprint density at radius 2 is 2.31 bits per heavy atom. The molecule has 1 unspecified atom stereocenters. The van der Waals surface area contributed by atoms with E-state index in [0.717, 1.165) is 30.0 Å². The van der Waals surface area contributed by atoms with Gasteiger partial charge < -0.3 is 15.2 Å². The summed E-state index contributed by atoms with van der Waals surface area (Å²) >= 11 is 0. The molecular formula is C13H19NO2. The molecule has 3 nitrogen and oxygen atoms in total. The van der Waals surface area contributed by atoms with Crippen LogP contribution in [0.2, 0.25) is 0 Å². The maximum absolute atomic E-state index is 5.75. The number of aryl methyl sites for hydroxylation is 1. The van der Waals surface area contributed by atoms with E-state index >= 15 is 0 Å². The summed E-state index contributed by atoms with van der Waals surface area (Å²) < 4.78 is 11.4. The van der Waals surface area contributed by atoms with Crippen LogP contribution in [0.5, 0.6) is 5.75 Å². The van der Waals surface area contributed by atoms with Crippen molar-refractivity contribution >= 4 is 5.69 Å². The summed E-state index contributed by atoms with van der Waals surface area (Å²) in [5, 5.41) is 0. The maximum Gasteiger partial charge on any atom is 0.124 e. The molecule has 2 rings (SSSR count). The summed E-state index contributed by atoms with van der Waals surface area (Å²) in [5.74, 6) is 0.870. The highest BCUT2D eigenvalue weighted by atomic mass is 16.5. The highest BCUT2D eigenvalue weighted by molar-refractivity contribution is 5.47. The molecule has 0 spiro atoms. The van der Waals surface area contributed by atoms with Crippen molar-refractivity contribution in [2.45, 2.75) is 32.3 Å². The highest BCUT2D eigenvalue weighted by Gasteiger charge is 2.14. The lowest BCUT2D eigenvalue weighted by Crippen LogP contribution is -2.25. The molecular weight excluding hydrogens is 202 g/mol. The number of rotatable bonds is 3. The zero-order chi connectivity index (χ0) is 11.4. The summed E-state index contributed by atoms with van der Waals surface area (Å²) in [6, 6.07) is 5.74. The van der Waals surface area contributed by atoms with Gasteiger partial charge in [-0.05, 0) is 37.8 Å². The largest absolute Gasteiger partial charge is 0.491 e. The molecule has 0 bridgehead atoms. The molecule has 1 aromatic carbocycles. The molecule has 88 valence electrons. The Labute approximate surface area is 96.5 Å². The molecule has 0 aromatic heterocycles. The molecule has 1 fully saturated rings. The topological polar surface area (TPSA) is 44.5 Å². The third kappa shape index (κ3) is 2.89. The van der Waals surface area contributed by atoms with Crippen molar-refractivity contribution < 1.29 is 9.47 Å². The fraction of sp³-hybridized carbons (Fsp3) is 0.538. The van der Waals surface area contributed by atoms with Crippen LogP contribution >= 0.6 is 0 Å². The molecule has 0 amide bonds. The number of nitrogens with two attached hydrogens (primary N) is 1. The van der Waals surface area contributed by atoms with Crippen molar-refractivity contribution in [3.63, 3.8) is 0 Å². The van der Waals surface area contributed by atoms with E-state index in [0.29, 0.717) is 6.61 Å². The summed E-state index contributed by atoms with van der Waals surface area (Å²) in [4.78, 5) is 0. The molecule has 1 aromatic rings. The standard InChI is InChI=1S/C13H19NO2/c1-10-5-6-11(14)8-13(10)16-9-12-4-2-3-7-15-12/h5-6,8,12H,2-4,7,9,14H2,1H3. The van der Waals surface area contributed by atoms with E-state index in [-0.39, 0.29) is 6.10 Å². The first-order valence-electron chi connectivity index (χ1n) is 5.86. The zero-order valence-electron chi connectivity index (χ0n) is 9.74. The van der Waals surface area contributed by atoms with Crippen LogP contribution in [0, 0.1) is 6.92 Å². The van der Waals surface area contributed by atoms with Crippen molar-refractivity contribution in [3.8, 4) is 5.75 Å². The number of benzene rings is 1. The van der Waals surface area contributed by atoms with Gasteiger partial charge in [-0.15, -0.1) is 0 Å². The first-order chi connectivity index (χ1) is 7.75. The van der Waals surface area contributed by atoms with Crippen molar-refractivity contribution in [1.82, 2.24) is 0 Å². The first kappa shape index (κ1) is 11.3. The number of nitrogen functional groups attached to an aromatic ring is 1. The lowest BCUT2D eigenvalue weighted by molar-refractivity contribution is -0.0111. The Morgan fingerprint density at radius 3 is 3.06 bits per heavy atom. The molecule has 0 saturated carbocycles. The first-order valence-corrected chi connectivity index (χ1v) is 5.86. The number of hydrogen-bond acceptors (Lipinski definition) is 3. The van der Waals surface area contributed by atoms with Crippen LogP contribution in [0.3, 0.4) is 0 Å². The second kappa shape index (κ2) is 5.21. The average molecular weight is 221 g/mol. The monoisotopic (exact) mass is 221 g/mol. The quantitative estimate of drug-likeness (QED) is 0.798. The van der Waals surface area contributed by atoms with Gasteiger partial charge in [-0.1, -0.05) is 6.07 Å². The number of hydrogen-bond donors (Lipinski definition) is 1. The van der Waals surface area contributed by atoms with E-state index in [4.69, 9.17) is 15.2 Å². The number of anilines is 1. The predicted octanol–water partition coefficient (Wildman–Crippen LogP) is 2.53. The van der Waals surface area contributed by atoms with Gasteiger partial charge in [0.15, 0.2) is 0 Å². The summed E-state index contributed by atoms with van der Waals surface area (Å²) in [5.41, 5.74) is 7.58. The Kier molecular flexibility index (Phi) is 3.67. The Hall–Kier alpha value is -1.22. The van der Waals surface area contributed by atoms with Gasteiger partial charge in [0.2, 0.25) is 0 Å². The van der Waals surface area contributed by atoms with Crippen LogP contribution < -0.4 is 10.5 Å². The Morgan fingerprint density at radius 1 is 1.44 bits per heavy atom. The van der Waals surface area contributed by atoms with Gasteiger partial charge in [-0.2, -0.15) is 0 Å². The summed E-state index contributed by atoms with van der Waals surface area (Å²) in [7, 11) is 0. The molecule has 3 heteroatoms. The molecule has 1 atom stereocenters. The van der Waals surface area contributed by atoms with Crippen molar-refractivity contribution in [2.24, 2.45) is 0 Å². The average Bonchev–Trinajstić information content (AvgIpc) is 2.32. The lowest BCUT2D eigenvalue weighted by Gasteiger charge is -2.23. The van der Waals surface area contributed by atoms with Crippen LogP contribution in [0.15, 0.2) is 18.2 Å². The molecule has 0 radical (unpaired) electrons. The Balaban J connectivity index is 1.90. The van der Waals surface area contributed by atoms with Gasteiger partial charge in [0, 0.05) is 18.4 Å². The van der Waals surface area contributed by atoms with Gasteiger partial charge in [-0.25, -0.2) is 0 Å². The molecule has 1 saturated heterocycles. The Bertz CT molecular complexity index is 346. The fourth-order valence-corrected chi connectivity index (χ4v) is 1.89. The minimum Gasteiger partial charge on any atom is -0.491 e. The summed E-state index contributed by atoms with van der Waals surface area (Å²) in [6.45, 7) is 3.52. The molecule has 1 heterocycles. The van der Waals surface area contributed by atoms with Crippen LogP contribution in [0.1, 0.15) is 24.8 Å². The molecule has 0 aliphatic carbocycles. The van der Waals surface area contributed by atoms with E-state index in [1.807, 2.05) is 25.1 Å². The molecule has 2 N–H and O–H groups in total.